The van der Waals surface area contributed by atoms with Gasteiger partial charge in [-0.2, -0.15) is 0 Å². The lowest BCUT2D eigenvalue weighted by Crippen LogP contribution is -2.23. The van der Waals surface area contributed by atoms with E-state index in [0.29, 0.717) is 35.1 Å². The number of ketones is 2. The summed E-state index contributed by atoms with van der Waals surface area (Å²) < 4.78 is 5.06. The molecule has 0 atom stereocenters. The lowest BCUT2D eigenvalue weighted by molar-refractivity contribution is -0.119. The van der Waals surface area contributed by atoms with Crippen LogP contribution in [0.25, 0.3) is 0 Å². The van der Waals surface area contributed by atoms with Gasteiger partial charge in [0, 0.05) is 16.7 Å². The third-order valence-electron chi connectivity index (χ3n) is 3.01. The molecule has 0 fully saturated rings. The zero-order valence-corrected chi connectivity index (χ0v) is 11.3. The van der Waals surface area contributed by atoms with Crippen LogP contribution in [0.5, 0.6) is 0 Å². The van der Waals surface area contributed by atoms with Crippen molar-refractivity contribution in [1.82, 2.24) is 0 Å². The van der Waals surface area contributed by atoms with Crippen LogP contribution in [0.15, 0.2) is 34.1 Å². The van der Waals surface area contributed by atoms with Gasteiger partial charge in [-0.3, -0.25) is 9.59 Å². The Morgan fingerprint density at radius 2 is 1.89 bits per heavy atom. The van der Waals surface area contributed by atoms with Crippen LogP contribution >= 0.6 is 0 Å². The molecular weight excluding hydrogens is 228 g/mol. The SMILES string of the molecule is [CH]/C(C)=C/CC1=C(C)C(=O)C(OC)=C(CC)C1=O. The van der Waals surface area contributed by atoms with Gasteiger partial charge in [-0.05, 0) is 33.6 Å². The second kappa shape index (κ2) is 5.80. The van der Waals surface area contributed by atoms with Crippen LogP contribution in [0.4, 0.5) is 0 Å². The largest absolute Gasteiger partial charge is 0.492 e. The van der Waals surface area contributed by atoms with Crippen molar-refractivity contribution in [2.24, 2.45) is 0 Å². The van der Waals surface area contributed by atoms with Gasteiger partial charge >= 0.3 is 0 Å². The van der Waals surface area contributed by atoms with Gasteiger partial charge < -0.3 is 4.74 Å². The Labute approximate surface area is 108 Å². The molecule has 0 spiro atoms. The molecular formula is C15H18O3. The van der Waals surface area contributed by atoms with E-state index in [-0.39, 0.29) is 17.3 Å². The molecule has 1 rings (SSSR count). The lowest BCUT2D eigenvalue weighted by atomic mass is 9.86. The number of carbonyl (C=O) groups is 2. The Morgan fingerprint density at radius 3 is 2.33 bits per heavy atom. The summed E-state index contributed by atoms with van der Waals surface area (Å²) in [7, 11) is 1.42. The third kappa shape index (κ3) is 2.61. The number of ether oxygens (including phenoxy) is 1. The van der Waals surface area contributed by atoms with Gasteiger partial charge in [0.2, 0.25) is 5.78 Å². The van der Waals surface area contributed by atoms with E-state index in [9.17, 15) is 9.59 Å². The predicted molar refractivity (Wildman–Crippen MR) is 69.7 cm³/mol. The average molecular weight is 246 g/mol. The van der Waals surface area contributed by atoms with Gasteiger partial charge in [0.15, 0.2) is 11.5 Å². The molecule has 0 unspecified atom stereocenters. The first-order valence-electron chi connectivity index (χ1n) is 5.92. The summed E-state index contributed by atoms with van der Waals surface area (Å²) in [5, 5.41) is 0. The van der Waals surface area contributed by atoms with E-state index in [1.807, 2.05) is 6.92 Å². The summed E-state index contributed by atoms with van der Waals surface area (Å²) in [6, 6.07) is 0. The van der Waals surface area contributed by atoms with E-state index in [1.54, 1.807) is 19.9 Å². The number of rotatable bonds is 4. The fraction of sp³-hybridized carbons (Fsp3) is 0.400. The fourth-order valence-corrected chi connectivity index (χ4v) is 1.95. The van der Waals surface area contributed by atoms with Crippen molar-refractivity contribution in [3.63, 3.8) is 0 Å². The number of allylic oxidation sites excluding steroid dienone is 5. The summed E-state index contributed by atoms with van der Waals surface area (Å²) in [5.74, 6) is -0.131. The van der Waals surface area contributed by atoms with Crippen LogP contribution < -0.4 is 0 Å². The van der Waals surface area contributed by atoms with Gasteiger partial charge in [0.25, 0.3) is 0 Å². The molecule has 3 nitrogen and oxygen atoms in total. The first kappa shape index (κ1) is 14.4. The standard InChI is InChI=1S/C15H18O3/c1-6-11-14(17)12(8-7-9(2)3)10(4)13(16)15(11)18-5/h2,7H,6,8H2,1,3-5H3/b9-7-. The molecule has 1 aliphatic rings. The molecule has 0 saturated carbocycles. The van der Waals surface area contributed by atoms with Crippen molar-refractivity contribution in [3.05, 3.63) is 41.1 Å². The predicted octanol–water partition coefficient (Wildman–Crippen LogP) is 2.81. The molecule has 1 aliphatic carbocycles. The summed E-state index contributed by atoms with van der Waals surface area (Å²) in [6.07, 6.45) is 2.62. The van der Waals surface area contributed by atoms with Crippen LogP contribution in [0, 0.1) is 6.92 Å². The Balaban J connectivity index is 3.22. The van der Waals surface area contributed by atoms with Crippen LogP contribution in [0.1, 0.15) is 33.6 Å². The van der Waals surface area contributed by atoms with Gasteiger partial charge in [-0.15, -0.1) is 0 Å². The number of methoxy groups -OCH3 is 1. The van der Waals surface area contributed by atoms with Crippen molar-refractivity contribution in [2.45, 2.75) is 33.6 Å². The van der Waals surface area contributed by atoms with E-state index < -0.39 is 0 Å². The third-order valence-corrected chi connectivity index (χ3v) is 3.01. The summed E-state index contributed by atoms with van der Waals surface area (Å²) in [4.78, 5) is 24.4. The molecule has 0 bridgehead atoms. The van der Waals surface area contributed by atoms with Crippen molar-refractivity contribution in [3.8, 4) is 0 Å². The van der Waals surface area contributed by atoms with E-state index in [2.05, 4.69) is 0 Å². The summed E-state index contributed by atoms with van der Waals surface area (Å²) in [5.41, 5.74) is 2.05. The molecule has 0 amide bonds. The van der Waals surface area contributed by atoms with Crippen LogP contribution in [0.2, 0.25) is 0 Å². The molecule has 0 aliphatic heterocycles. The highest BCUT2D eigenvalue weighted by Crippen LogP contribution is 2.29. The Hall–Kier alpha value is -1.64. The van der Waals surface area contributed by atoms with Gasteiger partial charge in [-0.25, -0.2) is 0 Å². The van der Waals surface area contributed by atoms with Crippen LogP contribution in [-0.4, -0.2) is 18.7 Å². The zero-order valence-electron chi connectivity index (χ0n) is 11.3. The molecule has 18 heavy (non-hydrogen) atoms. The minimum Gasteiger partial charge on any atom is -0.492 e. The van der Waals surface area contributed by atoms with E-state index in [1.165, 1.54) is 7.11 Å². The average Bonchev–Trinajstić information content (AvgIpc) is 2.32. The van der Waals surface area contributed by atoms with Gasteiger partial charge in [0.05, 0.1) is 7.11 Å². The minimum atomic E-state index is -0.202. The molecule has 0 aromatic rings. The van der Waals surface area contributed by atoms with Gasteiger partial charge in [-0.1, -0.05) is 18.6 Å². The first-order chi connectivity index (χ1) is 8.43. The number of hydrogen-bond acceptors (Lipinski definition) is 3. The number of carbonyl (C=O) groups excluding carboxylic acids is 2. The lowest BCUT2D eigenvalue weighted by Gasteiger charge is -2.20. The summed E-state index contributed by atoms with van der Waals surface area (Å²) >= 11 is 0. The number of Topliss-reactive ketones (excluding diaryl/α,β-unsaturated/α-hetero) is 2. The van der Waals surface area contributed by atoms with E-state index in [0.717, 1.165) is 0 Å². The van der Waals surface area contributed by atoms with E-state index in [4.69, 9.17) is 11.7 Å². The molecule has 96 valence electrons. The Morgan fingerprint density at radius 1 is 1.28 bits per heavy atom. The van der Waals surface area contributed by atoms with Crippen LogP contribution in [-0.2, 0) is 14.3 Å². The second-order valence-corrected chi connectivity index (χ2v) is 4.28. The molecule has 0 saturated heterocycles. The van der Waals surface area contributed by atoms with Crippen molar-refractivity contribution in [2.75, 3.05) is 7.11 Å². The summed E-state index contributed by atoms with van der Waals surface area (Å²) in [6.45, 7) is 10.8. The minimum absolute atomic E-state index is 0.107. The highest BCUT2D eigenvalue weighted by Gasteiger charge is 2.31. The number of hydrogen-bond donors (Lipinski definition) is 0. The highest BCUT2D eigenvalue weighted by molar-refractivity contribution is 6.24. The maximum Gasteiger partial charge on any atom is 0.224 e. The van der Waals surface area contributed by atoms with Crippen LogP contribution in [0.3, 0.4) is 0 Å². The Bertz CT molecular complexity index is 472. The Kier molecular flexibility index (Phi) is 4.65. The molecule has 0 aromatic heterocycles. The normalized spacial score (nSPS) is 17.7. The van der Waals surface area contributed by atoms with Crippen molar-refractivity contribution in [1.29, 1.82) is 0 Å². The first-order valence-corrected chi connectivity index (χ1v) is 5.92. The molecule has 0 aromatic carbocycles. The highest BCUT2D eigenvalue weighted by atomic mass is 16.5. The molecule has 0 heterocycles. The zero-order chi connectivity index (χ0) is 13.9. The molecule has 3 heteroatoms. The second-order valence-electron chi connectivity index (χ2n) is 4.28. The monoisotopic (exact) mass is 246 g/mol. The quantitative estimate of drug-likeness (QED) is 0.716. The smallest absolute Gasteiger partial charge is 0.224 e. The maximum absolute atomic E-state index is 12.3. The van der Waals surface area contributed by atoms with E-state index >= 15 is 0 Å². The fourth-order valence-electron chi connectivity index (χ4n) is 1.95. The molecule has 2 radical (unpaired) electrons. The topological polar surface area (TPSA) is 43.4 Å². The maximum atomic E-state index is 12.3. The van der Waals surface area contributed by atoms with Gasteiger partial charge in [0.1, 0.15) is 0 Å². The molecule has 0 N–H and O–H groups in total. The van der Waals surface area contributed by atoms with Crippen molar-refractivity contribution >= 4 is 11.6 Å². The van der Waals surface area contributed by atoms with Crippen molar-refractivity contribution < 1.29 is 14.3 Å².